The van der Waals surface area contributed by atoms with Gasteiger partial charge in [0.15, 0.2) is 0 Å². The summed E-state index contributed by atoms with van der Waals surface area (Å²) in [4.78, 5) is 27.3. The lowest BCUT2D eigenvalue weighted by Gasteiger charge is -2.31. The molecule has 0 radical (unpaired) electrons. The maximum absolute atomic E-state index is 12.7. The zero-order chi connectivity index (χ0) is 20.1. The molecule has 2 amide bonds. The molecule has 1 fully saturated rings. The zero-order valence-corrected chi connectivity index (χ0v) is 17.9. The van der Waals surface area contributed by atoms with Crippen LogP contribution in [0.3, 0.4) is 0 Å². The lowest BCUT2D eigenvalue weighted by Crippen LogP contribution is -2.45. The van der Waals surface area contributed by atoms with Gasteiger partial charge in [-0.3, -0.25) is 9.59 Å². The molecular formula is C23H30ClN3O2. The fourth-order valence-corrected chi connectivity index (χ4v) is 3.71. The SMILES string of the molecule is CN(C(=O)c1ccc(NC(=O)C(C)(N)c2ccccc2)cc1)C1CCCCC1.Cl. The van der Waals surface area contributed by atoms with Crippen LogP contribution in [-0.2, 0) is 10.3 Å². The minimum atomic E-state index is -1.14. The number of hydrogen-bond acceptors (Lipinski definition) is 3. The Kier molecular flexibility index (Phi) is 7.82. The molecule has 1 aliphatic carbocycles. The molecule has 156 valence electrons. The molecule has 5 nitrogen and oxygen atoms in total. The number of rotatable bonds is 5. The third-order valence-electron chi connectivity index (χ3n) is 5.68. The van der Waals surface area contributed by atoms with Crippen LogP contribution in [-0.4, -0.2) is 29.8 Å². The molecule has 0 aliphatic heterocycles. The Morgan fingerprint density at radius 1 is 1.00 bits per heavy atom. The summed E-state index contributed by atoms with van der Waals surface area (Å²) < 4.78 is 0. The quantitative estimate of drug-likeness (QED) is 0.763. The summed E-state index contributed by atoms with van der Waals surface area (Å²) in [6.07, 6.45) is 5.78. The molecule has 0 heterocycles. The molecule has 0 bridgehead atoms. The number of nitrogens with zero attached hydrogens (tertiary/aromatic N) is 1. The highest BCUT2D eigenvalue weighted by atomic mass is 35.5. The molecule has 6 heteroatoms. The van der Waals surface area contributed by atoms with Crippen molar-refractivity contribution in [2.45, 2.75) is 50.6 Å². The molecule has 1 atom stereocenters. The van der Waals surface area contributed by atoms with Crippen molar-refractivity contribution >= 4 is 29.9 Å². The smallest absolute Gasteiger partial charge is 0.253 e. The van der Waals surface area contributed by atoms with Crippen LogP contribution >= 0.6 is 12.4 Å². The van der Waals surface area contributed by atoms with E-state index in [-0.39, 0.29) is 24.2 Å². The van der Waals surface area contributed by atoms with Crippen molar-refractivity contribution < 1.29 is 9.59 Å². The molecule has 3 N–H and O–H groups in total. The number of benzene rings is 2. The van der Waals surface area contributed by atoms with Crippen LogP contribution in [0.15, 0.2) is 54.6 Å². The number of nitrogens with two attached hydrogens (primary N) is 1. The first-order chi connectivity index (χ1) is 13.4. The summed E-state index contributed by atoms with van der Waals surface area (Å²) in [6, 6.07) is 16.6. The Labute approximate surface area is 179 Å². The van der Waals surface area contributed by atoms with Crippen molar-refractivity contribution in [3.8, 4) is 0 Å². The number of carbonyl (C=O) groups is 2. The van der Waals surface area contributed by atoms with Crippen LogP contribution in [0.4, 0.5) is 5.69 Å². The summed E-state index contributed by atoms with van der Waals surface area (Å²) in [5.74, 6) is -0.269. The highest BCUT2D eigenvalue weighted by molar-refractivity contribution is 5.99. The van der Waals surface area contributed by atoms with Gasteiger partial charge in [-0.05, 0) is 49.6 Å². The molecule has 2 aromatic carbocycles. The van der Waals surface area contributed by atoms with Gasteiger partial charge in [-0.2, -0.15) is 0 Å². The molecule has 1 unspecified atom stereocenters. The third kappa shape index (κ3) is 5.37. The van der Waals surface area contributed by atoms with Gasteiger partial charge in [0.05, 0.1) is 0 Å². The van der Waals surface area contributed by atoms with E-state index in [0.717, 1.165) is 18.4 Å². The van der Waals surface area contributed by atoms with Gasteiger partial charge in [-0.25, -0.2) is 0 Å². The van der Waals surface area contributed by atoms with Crippen molar-refractivity contribution in [3.05, 3.63) is 65.7 Å². The normalized spacial score (nSPS) is 16.2. The molecule has 2 aromatic rings. The lowest BCUT2D eigenvalue weighted by atomic mass is 9.92. The van der Waals surface area contributed by atoms with E-state index in [1.807, 2.05) is 42.3 Å². The highest BCUT2D eigenvalue weighted by Crippen LogP contribution is 2.24. The number of hydrogen-bond donors (Lipinski definition) is 2. The van der Waals surface area contributed by atoms with E-state index < -0.39 is 5.54 Å². The molecular weight excluding hydrogens is 386 g/mol. The van der Waals surface area contributed by atoms with Crippen LogP contribution in [0.1, 0.15) is 54.9 Å². The molecule has 29 heavy (non-hydrogen) atoms. The van der Waals surface area contributed by atoms with Gasteiger partial charge >= 0.3 is 0 Å². The second kappa shape index (κ2) is 9.90. The first kappa shape index (κ1) is 22.9. The van der Waals surface area contributed by atoms with Gasteiger partial charge in [0.2, 0.25) is 5.91 Å². The number of amides is 2. The minimum absolute atomic E-state index is 0. The Bertz CT molecular complexity index is 816. The Balaban J connectivity index is 0.00000300. The van der Waals surface area contributed by atoms with E-state index in [4.69, 9.17) is 5.73 Å². The van der Waals surface area contributed by atoms with Gasteiger partial charge < -0.3 is 16.0 Å². The third-order valence-corrected chi connectivity index (χ3v) is 5.68. The van der Waals surface area contributed by atoms with E-state index in [9.17, 15) is 9.59 Å². The molecule has 3 rings (SSSR count). The lowest BCUT2D eigenvalue weighted by molar-refractivity contribution is -0.120. The van der Waals surface area contributed by atoms with Crippen LogP contribution < -0.4 is 11.1 Å². The average Bonchev–Trinajstić information content (AvgIpc) is 2.74. The monoisotopic (exact) mass is 415 g/mol. The first-order valence-corrected chi connectivity index (χ1v) is 9.92. The minimum Gasteiger partial charge on any atom is -0.339 e. The fourth-order valence-electron chi connectivity index (χ4n) is 3.71. The van der Waals surface area contributed by atoms with E-state index in [1.54, 1.807) is 31.2 Å². The summed E-state index contributed by atoms with van der Waals surface area (Å²) in [5.41, 5.74) is 7.11. The largest absolute Gasteiger partial charge is 0.339 e. The molecule has 0 aromatic heterocycles. The second-order valence-corrected chi connectivity index (χ2v) is 7.81. The van der Waals surface area contributed by atoms with Gasteiger partial charge in [0.1, 0.15) is 5.54 Å². The van der Waals surface area contributed by atoms with E-state index in [0.29, 0.717) is 17.3 Å². The zero-order valence-electron chi connectivity index (χ0n) is 17.1. The van der Waals surface area contributed by atoms with Crippen LogP contribution in [0, 0.1) is 0 Å². The summed E-state index contributed by atoms with van der Waals surface area (Å²) >= 11 is 0. The second-order valence-electron chi connectivity index (χ2n) is 7.81. The van der Waals surface area contributed by atoms with Crippen molar-refractivity contribution in [2.75, 3.05) is 12.4 Å². The maximum atomic E-state index is 12.7. The van der Waals surface area contributed by atoms with Gasteiger partial charge in [0, 0.05) is 24.3 Å². The number of halogens is 1. The summed E-state index contributed by atoms with van der Waals surface area (Å²) in [7, 11) is 1.88. The standard InChI is InChI=1S/C23H29N3O2.ClH/c1-23(24,18-9-5-3-6-10-18)22(28)25-19-15-13-17(14-16-19)21(27)26(2)20-11-7-4-8-12-20;/h3,5-6,9-10,13-16,20H,4,7-8,11-12,24H2,1-2H3,(H,25,28);1H. The Morgan fingerprint density at radius 3 is 2.17 bits per heavy atom. The predicted octanol–water partition coefficient (Wildman–Crippen LogP) is 4.33. The van der Waals surface area contributed by atoms with Gasteiger partial charge in [0.25, 0.3) is 5.91 Å². The summed E-state index contributed by atoms with van der Waals surface area (Å²) in [5, 5.41) is 2.85. The van der Waals surface area contributed by atoms with Crippen LogP contribution in [0.5, 0.6) is 0 Å². The van der Waals surface area contributed by atoms with Crippen molar-refractivity contribution in [3.63, 3.8) is 0 Å². The van der Waals surface area contributed by atoms with Crippen molar-refractivity contribution in [1.82, 2.24) is 4.90 Å². The molecule has 0 spiro atoms. The molecule has 1 aliphatic rings. The Morgan fingerprint density at radius 2 is 1.59 bits per heavy atom. The fraction of sp³-hybridized carbons (Fsp3) is 0.391. The number of carbonyl (C=O) groups excluding carboxylic acids is 2. The molecule has 1 saturated carbocycles. The average molecular weight is 416 g/mol. The molecule has 0 saturated heterocycles. The van der Waals surface area contributed by atoms with Gasteiger partial charge in [-0.1, -0.05) is 49.6 Å². The number of nitrogens with one attached hydrogen (secondary N) is 1. The first-order valence-electron chi connectivity index (χ1n) is 9.92. The van der Waals surface area contributed by atoms with Crippen molar-refractivity contribution in [1.29, 1.82) is 0 Å². The van der Waals surface area contributed by atoms with Crippen LogP contribution in [0.2, 0.25) is 0 Å². The van der Waals surface area contributed by atoms with E-state index >= 15 is 0 Å². The summed E-state index contributed by atoms with van der Waals surface area (Å²) in [6.45, 7) is 1.69. The van der Waals surface area contributed by atoms with Crippen LogP contribution in [0.25, 0.3) is 0 Å². The number of anilines is 1. The van der Waals surface area contributed by atoms with Gasteiger partial charge in [-0.15, -0.1) is 12.4 Å². The Hall–Kier alpha value is -2.37. The van der Waals surface area contributed by atoms with E-state index in [2.05, 4.69) is 5.32 Å². The highest BCUT2D eigenvalue weighted by Gasteiger charge is 2.30. The van der Waals surface area contributed by atoms with E-state index in [1.165, 1.54) is 19.3 Å². The predicted molar refractivity (Wildman–Crippen MR) is 119 cm³/mol. The topological polar surface area (TPSA) is 75.4 Å². The van der Waals surface area contributed by atoms with Crippen molar-refractivity contribution in [2.24, 2.45) is 5.73 Å². The maximum Gasteiger partial charge on any atom is 0.253 e.